The first-order valence-corrected chi connectivity index (χ1v) is 8.52. The molecule has 1 saturated carbocycles. The highest BCUT2D eigenvalue weighted by Gasteiger charge is 2.23. The number of aryl methyl sites for hydroxylation is 1. The molecule has 1 aliphatic carbocycles. The molecule has 20 heavy (non-hydrogen) atoms. The van der Waals surface area contributed by atoms with Gasteiger partial charge in [-0.25, -0.2) is 0 Å². The molecule has 114 valence electrons. The van der Waals surface area contributed by atoms with E-state index in [4.69, 9.17) is 11.6 Å². The highest BCUT2D eigenvalue weighted by atomic mass is 35.5. The lowest BCUT2D eigenvalue weighted by molar-refractivity contribution is 0.353. The Kier molecular flexibility index (Phi) is 6.37. The molecule has 2 rings (SSSR count). The van der Waals surface area contributed by atoms with E-state index < -0.39 is 0 Å². The summed E-state index contributed by atoms with van der Waals surface area (Å²) in [4.78, 5) is 0. The van der Waals surface area contributed by atoms with Crippen LogP contribution in [0.25, 0.3) is 0 Å². The summed E-state index contributed by atoms with van der Waals surface area (Å²) in [6, 6.07) is 0.333. The van der Waals surface area contributed by atoms with E-state index in [1.165, 1.54) is 50.6 Å². The SMILES string of the molecule is CCCn1ncc(Cl)c1C(CC1CCCCCC1)NC. The number of rotatable bonds is 6. The van der Waals surface area contributed by atoms with Gasteiger partial charge in [0, 0.05) is 6.54 Å². The van der Waals surface area contributed by atoms with Crippen molar-refractivity contribution in [2.24, 2.45) is 5.92 Å². The number of nitrogens with zero attached hydrogens (tertiary/aromatic N) is 2. The quantitative estimate of drug-likeness (QED) is 0.780. The van der Waals surface area contributed by atoms with Crippen LogP contribution in [0.15, 0.2) is 6.20 Å². The third-order valence-electron chi connectivity index (χ3n) is 4.49. The van der Waals surface area contributed by atoms with Gasteiger partial charge in [-0.15, -0.1) is 0 Å². The second kappa shape index (κ2) is 8.04. The van der Waals surface area contributed by atoms with Gasteiger partial charge in [0.2, 0.25) is 0 Å². The van der Waals surface area contributed by atoms with Crippen molar-refractivity contribution < 1.29 is 0 Å². The van der Waals surface area contributed by atoms with Gasteiger partial charge in [0.05, 0.1) is 23.0 Å². The molecule has 1 fully saturated rings. The van der Waals surface area contributed by atoms with Gasteiger partial charge in [-0.3, -0.25) is 4.68 Å². The maximum atomic E-state index is 6.38. The maximum absolute atomic E-state index is 6.38. The van der Waals surface area contributed by atoms with Crippen LogP contribution in [0.1, 0.15) is 70.0 Å². The average Bonchev–Trinajstić information content (AvgIpc) is 2.67. The Morgan fingerprint density at radius 2 is 2.05 bits per heavy atom. The van der Waals surface area contributed by atoms with E-state index in [0.717, 1.165) is 23.9 Å². The fourth-order valence-electron chi connectivity index (χ4n) is 3.41. The fraction of sp³-hybridized carbons (Fsp3) is 0.812. The van der Waals surface area contributed by atoms with E-state index in [2.05, 4.69) is 22.0 Å². The smallest absolute Gasteiger partial charge is 0.0834 e. The van der Waals surface area contributed by atoms with Gasteiger partial charge < -0.3 is 5.32 Å². The molecule has 4 heteroatoms. The third-order valence-corrected chi connectivity index (χ3v) is 4.78. The predicted molar refractivity (Wildman–Crippen MR) is 85.1 cm³/mol. The first-order valence-electron chi connectivity index (χ1n) is 8.14. The van der Waals surface area contributed by atoms with Crippen LogP contribution in [0.3, 0.4) is 0 Å². The van der Waals surface area contributed by atoms with Crippen molar-refractivity contribution in [3.63, 3.8) is 0 Å². The van der Waals surface area contributed by atoms with E-state index in [-0.39, 0.29) is 0 Å². The Hall–Kier alpha value is -0.540. The molecule has 0 amide bonds. The normalized spacial score (nSPS) is 18.9. The van der Waals surface area contributed by atoms with E-state index in [1.807, 2.05) is 7.05 Å². The van der Waals surface area contributed by atoms with Gasteiger partial charge in [0.25, 0.3) is 0 Å². The van der Waals surface area contributed by atoms with Crippen LogP contribution in [0, 0.1) is 5.92 Å². The molecule has 0 bridgehead atoms. The molecule has 3 nitrogen and oxygen atoms in total. The average molecular weight is 298 g/mol. The summed E-state index contributed by atoms with van der Waals surface area (Å²) in [6.07, 6.45) is 12.4. The molecule has 1 unspecified atom stereocenters. The largest absolute Gasteiger partial charge is 0.312 e. The van der Waals surface area contributed by atoms with Crippen molar-refractivity contribution in [1.82, 2.24) is 15.1 Å². The van der Waals surface area contributed by atoms with Gasteiger partial charge >= 0.3 is 0 Å². The first-order chi connectivity index (χ1) is 9.76. The fourth-order valence-corrected chi connectivity index (χ4v) is 3.68. The molecule has 0 aliphatic heterocycles. The van der Waals surface area contributed by atoms with Gasteiger partial charge in [-0.1, -0.05) is 57.0 Å². The van der Waals surface area contributed by atoms with Crippen molar-refractivity contribution in [2.75, 3.05) is 7.05 Å². The first kappa shape index (κ1) is 15.8. The highest BCUT2D eigenvalue weighted by Crippen LogP contribution is 2.33. The maximum Gasteiger partial charge on any atom is 0.0834 e. The van der Waals surface area contributed by atoms with Crippen LogP contribution < -0.4 is 5.32 Å². The number of halogens is 1. The van der Waals surface area contributed by atoms with Gasteiger partial charge in [0.1, 0.15) is 0 Å². The molecular weight excluding hydrogens is 270 g/mol. The predicted octanol–water partition coefficient (Wildman–Crippen LogP) is 4.57. The van der Waals surface area contributed by atoms with Crippen molar-refractivity contribution in [2.45, 2.75) is 70.9 Å². The molecule has 0 aromatic carbocycles. The van der Waals surface area contributed by atoms with Crippen LogP contribution in [-0.4, -0.2) is 16.8 Å². The van der Waals surface area contributed by atoms with Gasteiger partial charge in [-0.05, 0) is 25.8 Å². The Bertz CT molecular complexity index is 394. The lowest BCUT2D eigenvalue weighted by Gasteiger charge is -2.23. The Morgan fingerprint density at radius 1 is 1.35 bits per heavy atom. The second-order valence-electron chi connectivity index (χ2n) is 6.04. The number of aromatic nitrogens is 2. The molecule has 1 atom stereocenters. The minimum absolute atomic E-state index is 0.333. The molecule has 0 radical (unpaired) electrons. The van der Waals surface area contributed by atoms with Crippen molar-refractivity contribution in [3.05, 3.63) is 16.9 Å². The summed E-state index contributed by atoms with van der Waals surface area (Å²) in [5.41, 5.74) is 1.18. The zero-order valence-electron chi connectivity index (χ0n) is 12.9. The van der Waals surface area contributed by atoms with E-state index in [0.29, 0.717) is 6.04 Å². The lowest BCUT2D eigenvalue weighted by atomic mass is 9.91. The topological polar surface area (TPSA) is 29.9 Å². The standard InChI is InChI=1S/C16H28ClN3/c1-3-10-20-16(14(17)12-19-20)15(18-2)11-13-8-6-4-5-7-9-13/h12-13,15,18H,3-11H2,1-2H3. The highest BCUT2D eigenvalue weighted by molar-refractivity contribution is 6.31. The summed E-state index contributed by atoms with van der Waals surface area (Å²) in [5.74, 6) is 0.830. The molecule has 1 heterocycles. The van der Waals surface area contributed by atoms with E-state index in [9.17, 15) is 0 Å². The summed E-state index contributed by atoms with van der Waals surface area (Å²) in [6.45, 7) is 3.13. The molecular formula is C16H28ClN3. The van der Waals surface area contributed by atoms with Gasteiger partial charge in [0.15, 0.2) is 0 Å². The zero-order valence-corrected chi connectivity index (χ0v) is 13.6. The molecule has 1 aromatic rings. The summed E-state index contributed by atoms with van der Waals surface area (Å²) >= 11 is 6.38. The van der Waals surface area contributed by atoms with Crippen molar-refractivity contribution >= 4 is 11.6 Å². The van der Waals surface area contributed by atoms with Gasteiger partial charge in [-0.2, -0.15) is 5.10 Å². The summed E-state index contributed by atoms with van der Waals surface area (Å²) < 4.78 is 2.08. The minimum Gasteiger partial charge on any atom is -0.312 e. The van der Waals surface area contributed by atoms with E-state index >= 15 is 0 Å². The molecule has 0 spiro atoms. The van der Waals surface area contributed by atoms with Crippen LogP contribution >= 0.6 is 11.6 Å². The summed E-state index contributed by atoms with van der Waals surface area (Å²) in [7, 11) is 2.04. The number of nitrogens with one attached hydrogen (secondary N) is 1. The Balaban J connectivity index is 2.08. The molecule has 1 N–H and O–H groups in total. The Labute approximate surface area is 128 Å². The number of hydrogen-bond acceptors (Lipinski definition) is 2. The molecule has 0 saturated heterocycles. The minimum atomic E-state index is 0.333. The lowest BCUT2D eigenvalue weighted by Crippen LogP contribution is -2.23. The van der Waals surface area contributed by atoms with Crippen LogP contribution in [-0.2, 0) is 6.54 Å². The molecule has 1 aromatic heterocycles. The summed E-state index contributed by atoms with van der Waals surface area (Å²) in [5, 5.41) is 8.71. The zero-order chi connectivity index (χ0) is 14.4. The second-order valence-corrected chi connectivity index (χ2v) is 6.44. The van der Waals surface area contributed by atoms with Crippen molar-refractivity contribution in [3.8, 4) is 0 Å². The van der Waals surface area contributed by atoms with E-state index in [1.54, 1.807) is 6.20 Å². The monoisotopic (exact) mass is 297 g/mol. The number of hydrogen-bond donors (Lipinski definition) is 1. The Morgan fingerprint density at radius 3 is 2.65 bits per heavy atom. The van der Waals surface area contributed by atoms with Crippen LogP contribution in [0.2, 0.25) is 5.02 Å². The molecule has 1 aliphatic rings. The van der Waals surface area contributed by atoms with Crippen molar-refractivity contribution in [1.29, 1.82) is 0 Å². The van der Waals surface area contributed by atoms with Crippen LogP contribution in [0.5, 0.6) is 0 Å². The van der Waals surface area contributed by atoms with Crippen LogP contribution in [0.4, 0.5) is 0 Å². The third kappa shape index (κ3) is 3.98.